The largest absolute Gasteiger partial charge is 0.485 e. The Kier molecular flexibility index (Phi) is 3.48. The van der Waals surface area contributed by atoms with Gasteiger partial charge < -0.3 is 15.2 Å². The molecule has 3 atom stereocenters. The molecule has 4 rings (SSSR count). The lowest BCUT2D eigenvalue weighted by Crippen LogP contribution is -2.48. The predicted octanol–water partition coefficient (Wildman–Crippen LogP) is 4.53. The molecule has 0 radical (unpaired) electrons. The molecule has 2 aromatic carbocycles. The van der Waals surface area contributed by atoms with E-state index in [0.29, 0.717) is 21.5 Å². The number of anilines is 1. The number of hydrogen-bond donors (Lipinski definition) is 2. The van der Waals surface area contributed by atoms with Crippen LogP contribution in [-0.2, 0) is 4.79 Å². The first kappa shape index (κ1) is 15.1. The zero-order valence-electron chi connectivity index (χ0n) is 11.5. The molecule has 2 heterocycles. The molecule has 2 N–H and O–H groups in total. The summed E-state index contributed by atoms with van der Waals surface area (Å²) >= 11 is 15.9. The van der Waals surface area contributed by atoms with Crippen LogP contribution in [0, 0.1) is 0 Å². The Labute approximate surface area is 150 Å². The molecule has 0 aliphatic carbocycles. The van der Waals surface area contributed by atoms with Crippen LogP contribution in [0.5, 0.6) is 5.75 Å². The van der Waals surface area contributed by atoms with Gasteiger partial charge in [-0.25, -0.2) is 4.79 Å². The normalized spacial score (nSPS) is 24.0. The van der Waals surface area contributed by atoms with E-state index in [9.17, 15) is 9.90 Å². The number of halogens is 3. The Bertz CT molecular complexity index is 842. The quantitative estimate of drug-likeness (QED) is 0.719. The molecule has 0 spiro atoms. The molecule has 0 amide bonds. The van der Waals surface area contributed by atoms with Gasteiger partial charge >= 0.3 is 5.97 Å². The summed E-state index contributed by atoms with van der Waals surface area (Å²) in [6.07, 6.45) is -0.577. The van der Waals surface area contributed by atoms with E-state index in [2.05, 4.69) is 21.2 Å². The lowest BCUT2D eigenvalue weighted by molar-refractivity contribution is -0.140. The Balaban J connectivity index is 1.98. The van der Waals surface area contributed by atoms with Gasteiger partial charge in [0.1, 0.15) is 11.9 Å². The van der Waals surface area contributed by atoms with Crippen LogP contribution in [-0.4, -0.2) is 23.2 Å². The van der Waals surface area contributed by atoms with Gasteiger partial charge in [-0.3, -0.25) is 0 Å². The van der Waals surface area contributed by atoms with Crippen molar-refractivity contribution in [1.82, 2.24) is 0 Å². The number of carboxylic acids is 1. The van der Waals surface area contributed by atoms with Gasteiger partial charge in [-0.2, -0.15) is 0 Å². The average molecular weight is 415 g/mol. The summed E-state index contributed by atoms with van der Waals surface area (Å²) in [5.41, 5.74) is 2.37. The third-order valence-corrected chi connectivity index (χ3v) is 5.38. The summed E-state index contributed by atoms with van der Waals surface area (Å²) in [7, 11) is 0. The van der Waals surface area contributed by atoms with E-state index in [1.165, 1.54) is 0 Å². The molecule has 2 aliphatic heterocycles. The van der Waals surface area contributed by atoms with Gasteiger partial charge in [0, 0.05) is 26.9 Å². The fourth-order valence-corrected chi connectivity index (χ4v) is 4.41. The van der Waals surface area contributed by atoms with Crippen LogP contribution in [0.2, 0.25) is 10.0 Å². The second-order valence-corrected chi connectivity index (χ2v) is 7.23. The first-order valence-electron chi connectivity index (χ1n) is 6.90. The Hall–Kier alpha value is -1.43. The molecule has 4 nitrogen and oxygen atoms in total. The summed E-state index contributed by atoms with van der Waals surface area (Å²) in [4.78, 5) is 11.7. The van der Waals surface area contributed by atoms with Crippen molar-refractivity contribution in [3.8, 4) is 5.75 Å². The number of fused-ring (bicyclic) bond motifs is 5. The minimum Gasteiger partial charge on any atom is -0.485 e. The highest BCUT2D eigenvalue weighted by atomic mass is 79.9. The number of para-hydroxylation sites is 1. The molecular formula is C16H10BrCl2NO3. The van der Waals surface area contributed by atoms with Gasteiger partial charge in [-0.15, -0.1) is 0 Å². The maximum Gasteiger partial charge on any atom is 0.330 e. The molecule has 0 bridgehead atoms. The fourth-order valence-electron chi connectivity index (χ4n) is 3.33. The van der Waals surface area contributed by atoms with Gasteiger partial charge in [0.05, 0.1) is 10.4 Å². The number of hydrogen-bond acceptors (Lipinski definition) is 3. The second-order valence-electron chi connectivity index (χ2n) is 5.53. The number of aliphatic carboxylic acids is 1. The van der Waals surface area contributed by atoms with E-state index < -0.39 is 18.1 Å². The molecule has 0 saturated carbocycles. The van der Waals surface area contributed by atoms with Crippen LogP contribution in [0.25, 0.3) is 0 Å². The SMILES string of the molecule is O=C(O)C1Nc2cc(Cl)cc(Cl)c2C2c3cccc(Br)c3OC12. The van der Waals surface area contributed by atoms with Gasteiger partial charge in [0.15, 0.2) is 6.04 Å². The molecule has 23 heavy (non-hydrogen) atoms. The molecule has 0 aromatic heterocycles. The van der Waals surface area contributed by atoms with Crippen molar-refractivity contribution >= 4 is 50.8 Å². The lowest BCUT2D eigenvalue weighted by Gasteiger charge is -2.34. The molecule has 0 saturated heterocycles. The minimum atomic E-state index is -0.981. The van der Waals surface area contributed by atoms with Crippen LogP contribution in [0.15, 0.2) is 34.8 Å². The van der Waals surface area contributed by atoms with Crippen molar-refractivity contribution in [2.45, 2.75) is 18.1 Å². The second kappa shape index (κ2) is 5.30. The van der Waals surface area contributed by atoms with Crippen molar-refractivity contribution in [2.75, 3.05) is 5.32 Å². The molecule has 7 heteroatoms. The monoisotopic (exact) mass is 413 g/mol. The van der Waals surface area contributed by atoms with E-state index in [1.54, 1.807) is 12.1 Å². The molecular weight excluding hydrogens is 405 g/mol. The fraction of sp³-hybridized carbons (Fsp3) is 0.188. The standard InChI is InChI=1S/C16H10BrCl2NO3/c17-8-3-1-2-7-11-12-9(19)4-6(18)5-10(12)20-13(16(21)22)15(11)23-14(7)8/h1-5,11,13,15,20H,(H,21,22). The Morgan fingerprint density at radius 3 is 2.83 bits per heavy atom. The third-order valence-electron chi connectivity index (χ3n) is 4.23. The summed E-state index contributed by atoms with van der Waals surface area (Å²) < 4.78 is 6.77. The van der Waals surface area contributed by atoms with Gasteiger partial charge in [0.25, 0.3) is 0 Å². The summed E-state index contributed by atoms with van der Waals surface area (Å²) in [5.74, 6) is -0.579. The average Bonchev–Trinajstić information content (AvgIpc) is 2.86. The van der Waals surface area contributed by atoms with Crippen molar-refractivity contribution in [3.05, 3.63) is 56.0 Å². The minimum absolute atomic E-state index is 0.260. The van der Waals surface area contributed by atoms with Crippen LogP contribution in [0.4, 0.5) is 5.69 Å². The molecule has 118 valence electrons. The summed E-state index contributed by atoms with van der Waals surface area (Å²) in [6, 6.07) is 8.17. The lowest BCUT2D eigenvalue weighted by atomic mass is 9.81. The highest BCUT2D eigenvalue weighted by molar-refractivity contribution is 9.10. The smallest absolute Gasteiger partial charge is 0.330 e. The van der Waals surface area contributed by atoms with E-state index >= 15 is 0 Å². The van der Waals surface area contributed by atoms with Gasteiger partial charge in [-0.05, 0) is 34.1 Å². The van der Waals surface area contributed by atoms with Crippen molar-refractivity contribution in [3.63, 3.8) is 0 Å². The van der Waals surface area contributed by atoms with Crippen molar-refractivity contribution < 1.29 is 14.6 Å². The molecule has 2 aromatic rings. The summed E-state index contributed by atoms with van der Waals surface area (Å²) in [5, 5.41) is 13.5. The summed E-state index contributed by atoms with van der Waals surface area (Å²) in [6.45, 7) is 0. The van der Waals surface area contributed by atoms with E-state index in [0.717, 1.165) is 15.6 Å². The first-order chi connectivity index (χ1) is 11.0. The first-order valence-corrected chi connectivity index (χ1v) is 8.45. The zero-order valence-corrected chi connectivity index (χ0v) is 14.6. The number of ether oxygens (including phenoxy) is 1. The van der Waals surface area contributed by atoms with E-state index in [-0.39, 0.29) is 5.92 Å². The maximum atomic E-state index is 11.7. The van der Waals surface area contributed by atoms with Crippen molar-refractivity contribution in [2.24, 2.45) is 0 Å². The molecule has 0 fully saturated rings. The van der Waals surface area contributed by atoms with Gasteiger partial charge in [0.2, 0.25) is 0 Å². The third kappa shape index (κ3) is 2.22. The number of rotatable bonds is 1. The molecule has 2 aliphatic rings. The van der Waals surface area contributed by atoms with Crippen LogP contribution in [0.3, 0.4) is 0 Å². The van der Waals surface area contributed by atoms with Crippen LogP contribution < -0.4 is 10.1 Å². The number of benzene rings is 2. The van der Waals surface area contributed by atoms with Gasteiger partial charge in [-0.1, -0.05) is 35.3 Å². The number of carbonyl (C=O) groups is 1. The van der Waals surface area contributed by atoms with E-state index in [1.807, 2.05) is 18.2 Å². The Morgan fingerprint density at radius 2 is 2.09 bits per heavy atom. The van der Waals surface area contributed by atoms with Crippen LogP contribution >= 0.6 is 39.1 Å². The Morgan fingerprint density at radius 1 is 1.30 bits per heavy atom. The number of nitrogens with one attached hydrogen (secondary N) is 1. The molecule has 3 unspecified atom stereocenters. The zero-order chi connectivity index (χ0) is 16.3. The van der Waals surface area contributed by atoms with Crippen molar-refractivity contribution in [1.29, 1.82) is 0 Å². The van der Waals surface area contributed by atoms with E-state index in [4.69, 9.17) is 27.9 Å². The highest BCUT2D eigenvalue weighted by Gasteiger charge is 2.49. The topological polar surface area (TPSA) is 58.6 Å². The maximum absolute atomic E-state index is 11.7. The van der Waals surface area contributed by atoms with Crippen LogP contribution in [0.1, 0.15) is 17.0 Å². The predicted molar refractivity (Wildman–Crippen MR) is 91.9 cm³/mol. The highest BCUT2D eigenvalue weighted by Crippen LogP contribution is 2.53. The number of carboxylic acid groups (broad SMARTS) is 1.